The van der Waals surface area contributed by atoms with Crippen molar-refractivity contribution < 1.29 is 22.7 Å². The van der Waals surface area contributed by atoms with E-state index in [0.29, 0.717) is 16.1 Å². The van der Waals surface area contributed by atoms with Gasteiger partial charge in [0.25, 0.3) is 5.91 Å². The van der Waals surface area contributed by atoms with Crippen molar-refractivity contribution >= 4 is 45.4 Å². The van der Waals surface area contributed by atoms with Crippen molar-refractivity contribution in [3.63, 3.8) is 0 Å². The molecule has 0 bridgehead atoms. The summed E-state index contributed by atoms with van der Waals surface area (Å²) in [6.45, 7) is 1.33. The molecule has 0 saturated heterocycles. The van der Waals surface area contributed by atoms with Crippen LogP contribution in [0.25, 0.3) is 0 Å². The molecule has 0 unspecified atom stereocenters. The Hall–Kier alpha value is -2.91. The summed E-state index contributed by atoms with van der Waals surface area (Å²) in [5.74, 6) is -1.09. The molecule has 0 saturated carbocycles. The van der Waals surface area contributed by atoms with Crippen molar-refractivity contribution in [2.45, 2.75) is 6.92 Å². The molecule has 0 aromatic heterocycles. The fourth-order valence-electron chi connectivity index (χ4n) is 2.30. The van der Waals surface area contributed by atoms with E-state index in [4.69, 9.17) is 11.6 Å². The quantitative estimate of drug-likeness (QED) is 0.406. The van der Waals surface area contributed by atoms with E-state index in [2.05, 4.69) is 15.3 Å². The molecule has 0 heterocycles. The number of benzene rings is 2. The highest BCUT2D eigenvalue weighted by Crippen LogP contribution is 2.24. The first-order chi connectivity index (χ1) is 13.6. The highest BCUT2D eigenvalue weighted by atomic mass is 35.5. The molecule has 2 rings (SSSR count). The number of carbonyl (C=O) groups excluding carboxylic acids is 2. The number of anilines is 1. The highest BCUT2D eigenvalue weighted by molar-refractivity contribution is 7.92. The second-order valence-corrected chi connectivity index (χ2v) is 8.42. The van der Waals surface area contributed by atoms with Gasteiger partial charge in [0.2, 0.25) is 10.0 Å². The van der Waals surface area contributed by atoms with Gasteiger partial charge in [-0.25, -0.2) is 18.6 Å². The van der Waals surface area contributed by atoms with Gasteiger partial charge in [0.1, 0.15) is 6.54 Å². The van der Waals surface area contributed by atoms with E-state index in [9.17, 15) is 18.0 Å². The Morgan fingerprint density at radius 3 is 2.41 bits per heavy atom. The SMILES string of the molecule is COC(=O)c1ccc(/C=N\NC(=O)CN(c2ccc(C)c(Cl)c2)S(C)(=O)=O)cc1. The summed E-state index contributed by atoms with van der Waals surface area (Å²) in [6, 6.07) is 11.1. The van der Waals surface area contributed by atoms with E-state index in [-0.39, 0.29) is 5.69 Å². The standard InChI is InChI=1S/C19H20ClN3O5S/c1-13-4-9-16(10-17(13)20)23(29(3,26)27)12-18(24)22-21-11-14-5-7-15(8-6-14)19(25)28-2/h4-11H,12H2,1-3H3,(H,22,24)/b21-11-. The lowest BCUT2D eigenvalue weighted by molar-refractivity contribution is -0.119. The number of nitrogens with zero attached hydrogens (tertiary/aromatic N) is 2. The number of esters is 1. The third-order valence-electron chi connectivity index (χ3n) is 3.87. The minimum absolute atomic E-state index is 0.278. The third-order valence-corrected chi connectivity index (χ3v) is 5.41. The van der Waals surface area contributed by atoms with Crippen LogP contribution in [0.2, 0.25) is 5.02 Å². The molecule has 29 heavy (non-hydrogen) atoms. The number of aryl methyl sites for hydroxylation is 1. The number of halogens is 1. The molecule has 0 radical (unpaired) electrons. The molecule has 2 aromatic carbocycles. The van der Waals surface area contributed by atoms with Gasteiger partial charge in [0, 0.05) is 5.02 Å². The van der Waals surface area contributed by atoms with Gasteiger partial charge in [0.05, 0.1) is 30.8 Å². The van der Waals surface area contributed by atoms with Gasteiger partial charge >= 0.3 is 5.97 Å². The van der Waals surface area contributed by atoms with E-state index in [1.165, 1.54) is 19.4 Å². The Labute approximate surface area is 174 Å². The van der Waals surface area contributed by atoms with Crippen LogP contribution in [0.15, 0.2) is 47.6 Å². The average molecular weight is 438 g/mol. The number of hydrogen-bond donors (Lipinski definition) is 1. The minimum Gasteiger partial charge on any atom is -0.465 e. The zero-order valence-corrected chi connectivity index (χ0v) is 17.6. The fraction of sp³-hybridized carbons (Fsp3) is 0.211. The third kappa shape index (κ3) is 6.30. The number of nitrogens with one attached hydrogen (secondary N) is 1. The molecule has 1 N–H and O–H groups in total. The van der Waals surface area contributed by atoms with Crippen LogP contribution >= 0.6 is 11.6 Å². The first-order valence-corrected chi connectivity index (χ1v) is 10.6. The molecule has 0 spiro atoms. The van der Waals surface area contributed by atoms with Crippen molar-refractivity contribution in [1.29, 1.82) is 0 Å². The Kier molecular flexibility index (Phi) is 7.35. The van der Waals surface area contributed by atoms with Crippen LogP contribution in [0.5, 0.6) is 0 Å². The summed E-state index contributed by atoms with van der Waals surface area (Å²) in [5.41, 5.74) is 4.36. The lowest BCUT2D eigenvalue weighted by atomic mass is 10.1. The lowest BCUT2D eigenvalue weighted by Gasteiger charge is -2.21. The second kappa shape index (κ2) is 9.53. The number of ether oxygens (including phenoxy) is 1. The number of methoxy groups -OCH3 is 1. The summed E-state index contributed by atoms with van der Waals surface area (Å²) in [4.78, 5) is 23.6. The van der Waals surface area contributed by atoms with E-state index >= 15 is 0 Å². The van der Waals surface area contributed by atoms with Crippen LogP contribution < -0.4 is 9.73 Å². The summed E-state index contributed by atoms with van der Waals surface area (Å²) < 4.78 is 29.7. The highest BCUT2D eigenvalue weighted by Gasteiger charge is 2.21. The number of sulfonamides is 1. The Balaban J connectivity index is 2.06. The van der Waals surface area contributed by atoms with Crippen molar-refractivity contribution in [3.05, 3.63) is 64.2 Å². The lowest BCUT2D eigenvalue weighted by Crippen LogP contribution is -2.39. The van der Waals surface area contributed by atoms with Crippen LogP contribution in [0.4, 0.5) is 5.69 Å². The zero-order chi connectivity index (χ0) is 21.6. The largest absolute Gasteiger partial charge is 0.465 e. The van der Waals surface area contributed by atoms with Gasteiger partial charge in [-0.2, -0.15) is 5.10 Å². The first-order valence-electron chi connectivity index (χ1n) is 8.36. The molecule has 0 aliphatic rings. The Bertz CT molecular complexity index is 1040. The van der Waals surface area contributed by atoms with Crippen LogP contribution in [0.3, 0.4) is 0 Å². The molecule has 2 aromatic rings. The Morgan fingerprint density at radius 2 is 1.86 bits per heavy atom. The normalized spacial score (nSPS) is 11.3. The van der Waals surface area contributed by atoms with E-state index in [1.807, 2.05) is 0 Å². The Morgan fingerprint density at radius 1 is 1.21 bits per heavy atom. The van der Waals surface area contributed by atoms with Crippen molar-refractivity contribution in [2.24, 2.45) is 5.10 Å². The van der Waals surface area contributed by atoms with Gasteiger partial charge < -0.3 is 4.74 Å². The molecule has 0 aliphatic carbocycles. The number of carbonyl (C=O) groups is 2. The number of hydrogen-bond acceptors (Lipinski definition) is 6. The number of rotatable bonds is 7. The van der Waals surface area contributed by atoms with E-state index in [0.717, 1.165) is 16.1 Å². The number of amides is 1. The van der Waals surface area contributed by atoms with Crippen LogP contribution in [-0.4, -0.2) is 46.4 Å². The monoisotopic (exact) mass is 437 g/mol. The zero-order valence-electron chi connectivity index (χ0n) is 16.0. The van der Waals surface area contributed by atoms with Crippen molar-refractivity contribution in [3.8, 4) is 0 Å². The van der Waals surface area contributed by atoms with Gasteiger partial charge in [-0.05, 0) is 42.3 Å². The minimum atomic E-state index is -3.72. The maximum atomic E-state index is 12.2. The number of hydrazone groups is 1. The van der Waals surface area contributed by atoms with Crippen LogP contribution in [0.1, 0.15) is 21.5 Å². The van der Waals surface area contributed by atoms with Gasteiger partial charge in [-0.3, -0.25) is 9.10 Å². The molecular formula is C19H20ClN3O5S. The first kappa shape index (κ1) is 22.4. The molecule has 8 nitrogen and oxygen atoms in total. The van der Waals surface area contributed by atoms with Crippen LogP contribution in [0, 0.1) is 6.92 Å². The molecule has 0 atom stereocenters. The predicted octanol–water partition coefficient (Wildman–Crippen LogP) is 2.35. The molecule has 154 valence electrons. The summed E-state index contributed by atoms with van der Waals surface area (Å²) in [5, 5.41) is 4.20. The maximum Gasteiger partial charge on any atom is 0.337 e. The maximum absolute atomic E-state index is 12.2. The smallest absolute Gasteiger partial charge is 0.337 e. The summed E-state index contributed by atoms with van der Waals surface area (Å²) >= 11 is 6.06. The molecular weight excluding hydrogens is 418 g/mol. The predicted molar refractivity (Wildman–Crippen MR) is 112 cm³/mol. The van der Waals surface area contributed by atoms with Crippen LogP contribution in [-0.2, 0) is 19.6 Å². The van der Waals surface area contributed by atoms with E-state index in [1.54, 1.807) is 43.3 Å². The molecule has 0 aliphatic heterocycles. The summed E-state index contributed by atoms with van der Waals surface area (Å²) in [7, 11) is -2.43. The van der Waals surface area contributed by atoms with Crippen molar-refractivity contribution in [1.82, 2.24) is 5.43 Å². The summed E-state index contributed by atoms with van der Waals surface area (Å²) in [6.07, 6.45) is 2.37. The van der Waals surface area contributed by atoms with Gasteiger partial charge in [-0.1, -0.05) is 29.8 Å². The second-order valence-electron chi connectivity index (χ2n) is 6.11. The molecule has 0 fully saturated rings. The average Bonchev–Trinajstić information content (AvgIpc) is 2.67. The van der Waals surface area contributed by atoms with E-state index < -0.39 is 28.4 Å². The topological polar surface area (TPSA) is 105 Å². The fourth-order valence-corrected chi connectivity index (χ4v) is 3.33. The molecule has 1 amide bonds. The van der Waals surface area contributed by atoms with Gasteiger partial charge in [0.15, 0.2) is 0 Å². The van der Waals surface area contributed by atoms with Gasteiger partial charge in [-0.15, -0.1) is 0 Å². The van der Waals surface area contributed by atoms with Crippen molar-refractivity contribution in [2.75, 3.05) is 24.2 Å². The molecule has 10 heteroatoms.